The molecule has 2 heterocycles. The van der Waals surface area contributed by atoms with Crippen molar-refractivity contribution in [2.45, 2.75) is 18.9 Å². The van der Waals surface area contributed by atoms with E-state index in [1.165, 1.54) is 6.42 Å². The maximum absolute atomic E-state index is 12.1. The Morgan fingerprint density at radius 3 is 2.90 bits per heavy atom. The summed E-state index contributed by atoms with van der Waals surface area (Å²) in [6.07, 6.45) is 2.28. The first-order valence-corrected chi connectivity index (χ1v) is 7.43. The highest BCUT2D eigenvalue weighted by molar-refractivity contribution is 6.30. The molecule has 110 valence electrons. The first kappa shape index (κ1) is 14.1. The van der Waals surface area contributed by atoms with Crippen LogP contribution in [0.3, 0.4) is 0 Å². The van der Waals surface area contributed by atoms with E-state index in [1.54, 1.807) is 18.2 Å². The van der Waals surface area contributed by atoms with Crippen LogP contribution in [-0.4, -0.2) is 35.2 Å². The number of halogens is 1. The third kappa shape index (κ3) is 3.43. The van der Waals surface area contributed by atoms with Crippen LogP contribution in [0.2, 0.25) is 5.02 Å². The number of rotatable bonds is 4. The highest BCUT2D eigenvalue weighted by Crippen LogP contribution is 2.20. The molecule has 0 spiro atoms. The summed E-state index contributed by atoms with van der Waals surface area (Å²) in [5.74, 6) is -0.128. The molecule has 0 aliphatic carbocycles. The number of H-pyrrole nitrogens is 1. The van der Waals surface area contributed by atoms with Crippen LogP contribution >= 0.6 is 11.6 Å². The summed E-state index contributed by atoms with van der Waals surface area (Å²) in [5.41, 5.74) is 2.13. The number of hydrogen-bond donors (Lipinski definition) is 3. The Balaban J connectivity index is 1.63. The van der Waals surface area contributed by atoms with Crippen LogP contribution < -0.4 is 10.6 Å². The SMILES string of the molecule is O=C(NCC1CCCN1)c1cc(-c2ccc(Cl)cc2)n[nH]1. The molecule has 3 rings (SSSR count). The van der Waals surface area contributed by atoms with E-state index in [0.717, 1.165) is 24.2 Å². The molecule has 1 aromatic carbocycles. The van der Waals surface area contributed by atoms with Crippen molar-refractivity contribution in [1.29, 1.82) is 0 Å². The monoisotopic (exact) mass is 304 g/mol. The fraction of sp³-hybridized carbons (Fsp3) is 0.333. The smallest absolute Gasteiger partial charge is 0.269 e. The molecule has 0 saturated carbocycles. The Hall–Kier alpha value is -1.85. The van der Waals surface area contributed by atoms with Gasteiger partial charge in [0.15, 0.2) is 0 Å². The quantitative estimate of drug-likeness (QED) is 0.811. The fourth-order valence-corrected chi connectivity index (χ4v) is 2.57. The maximum Gasteiger partial charge on any atom is 0.269 e. The molecule has 21 heavy (non-hydrogen) atoms. The van der Waals surface area contributed by atoms with Gasteiger partial charge in [-0.1, -0.05) is 23.7 Å². The van der Waals surface area contributed by atoms with Gasteiger partial charge in [0.1, 0.15) is 5.69 Å². The zero-order chi connectivity index (χ0) is 14.7. The van der Waals surface area contributed by atoms with Crippen LogP contribution in [0, 0.1) is 0 Å². The van der Waals surface area contributed by atoms with Crippen LogP contribution in [0.1, 0.15) is 23.3 Å². The van der Waals surface area contributed by atoms with E-state index in [4.69, 9.17) is 11.6 Å². The molecule has 1 aromatic heterocycles. The largest absolute Gasteiger partial charge is 0.349 e. The van der Waals surface area contributed by atoms with E-state index < -0.39 is 0 Å². The molecular formula is C15H17ClN4O. The predicted octanol–water partition coefficient (Wildman–Crippen LogP) is 2.21. The van der Waals surface area contributed by atoms with E-state index in [9.17, 15) is 4.79 Å². The Bertz CT molecular complexity index is 617. The molecule has 1 unspecified atom stereocenters. The number of amides is 1. The number of benzene rings is 1. The number of nitrogens with one attached hydrogen (secondary N) is 3. The third-order valence-electron chi connectivity index (χ3n) is 3.63. The summed E-state index contributed by atoms with van der Waals surface area (Å²) in [7, 11) is 0. The molecule has 0 radical (unpaired) electrons. The van der Waals surface area contributed by atoms with Gasteiger partial charge >= 0.3 is 0 Å². The summed E-state index contributed by atoms with van der Waals surface area (Å²) in [6, 6.07) is 9.49. The minimum Gasteiger partial charge on any atom is -0.349 e. The van der Waals surface area contributed by atoms with Crippen molar-refractivity contribution < 1.29 is 4.79 Å². The zero-order valence-electron chi connectivity index (χ0n) is 11.5. The minimum absolute atomic E-state index is 0.128. The molecule has 1 saturated heterocycles. The number of hydrogen-bond acceptors (Lipinski definition) is 3. The van der Waals surface area contributed by atoms with E-state index in [0.29, 0.717) is 23.3 Å². The summed E-state index contributed by atoms with van der Waals surface area (Å²) >= 11 is 5.86. The molecular weight excluding hydrogens is 288 g/mol. The molecule has 1 aliphatic rings. The Labute approximate surface area is 128 Å². The lowest BCUT2D eigenvalue weighted by Crippen LogP contribution is -2.37. The number of carbonyl (C=O) groups excluding carboxylic acids is 1. The molecule has 1 atom stereocenters. The zero-order valence-corrected chi connectivity index (χ0v) is 12.3. The van der Waals surface area contributed by atoms with Crippen molar-refractivity contribution >= 4 is 17.5 Å². The molecule has 2 aromatic rings. The molecule has 1 aliphatic heterocycles. The van der Waals surface area contributed by atoms with Gasteiger partial charge in [-0.3, -0.25) is 9.89 Å². The van der Waals surface area contributed by atoms with Gasteiger partial charge in [0.2, 0.25) is 0 Å². The van der Waals surface area contributed by atoms with E-state index >= 15 is 0 Å². The lowest BCUT2D eigenvalue weighted by Gasteiger charge is -2.10. The third-order valence-corrected chi connectivity index (χ3v) is 3.89. The van der Waals surface area contributed by atoms with Crippen LogP contribution in [-0.2, 0) is 0 Å². The van der Waals surface area contributed by atoms with Crippen molar-refractivity contribution in [2.75, 3.05) is 13.1 Å². The number of nitrogens with zero attached hydrogens (tertiary/aromatic N) is 1. The number of aromatic nitrogens is 2. The average molecular weight is 305 g/mol. The van der Waals surface area contributed by atoms with Gasteiger partial charge in [-0.05, 0) is 37.6 Å². The Morgan fingerprint density at radius 2 is 2.19 bits per heavy atom. The van der Waals surface area contributed by atoms with Gasteiger partial charge in [-0.15, -0.1) is 0 Å². The minimum atomic E-state index is -0.128. The maximum atomic E-state index is 12.1. The van der Waals surface area contributed by atoms with Crippen molar-refractivity contribution in [3.8, 4) is 11.3 Å². The Kier molecular flexibility index (Phi) is 4.22. The highest BCUT2D eigenvalue weighted by Gasteiger charge is 2.16. The first-order valence-electron chi connectivity index (χ1n) is 7.05. The van der Waals surface area contributed by atoms with Gasteiger partial charge in [-0.2, -0.15) is 5.10 Å². The fourth-order valence-electron chi connectivity index (χ4n) is 2.45. The first-order chi connectivity index (χ1) is 10.2. The summed E-state index contributed by atoms with van der Waals surface area (Å²) in [6.45, 7) is 1.68. The van der Waals surface area contributed by atoms with Crippen molar-refractivity contribution in [2.24, 2.45) is 0 Å². The lowest BCUT2D eigenvalue weighted by atomic mass is 10.1. The van der Waals surface area contributed by atoms with Crippen LogP contribution in [0.5, 0.6) is 0 Å². The number of aromatic amines is 1. The van der Waals surface area contributed by atoms with Crippen molar-refractivity contribution in [1.82, 2.24) is 20.8 Å². The molecule has 1 fully saturated rings. The van der Waals surface area contributed by atoms with Crippen LogP contribution in [0.4, 0.5) is 0 Å². The summed E-state index contributed by atoms with van der Waals surface area (Å²) < 4.78 is 0. The molecule has 0 bridgehead atoms. The van der Waals surface area contributed by atoms with E-state index in [2.05, 4.69) is 20.8 Å². The average Bonchev–Trinajstić information content (AvgIpc) is 3.17. The normalized spacial score (nSPS) is 17.9. The predicted molar refractivity (Wildman–Crippen MR) is 82.4 cm³/mol. The molecule has 1 amide bonds. The summed E-state index contributed by atoms with van der Waals surface area (Å²) in [5, 5.41) is 13.9. The van der Waals surface area contributed by atoms with E-state index in [-0.39, 0.29) is 5.91 Å². The highest BCUT2D eigenvalue weighted by atomic mass is 35.5. The summed E-state index contributed by atoms with van der Waals surface area (Å²) in [4.78, 5) is 12.1. The second-order valence-electron chi connectivity index (χ2n) is 5.18. The van der Waals surface area contributed by atoms with Crippen molar-refractivity contribution in [3.63, 3.8) is 0 Å². The van der Waals surface area contributed by atoms with Crippen molar-refractivity contribution in [3.05, 3.63) is 41.0 Å². The molecule has 6 heteroatoms. The van der Waals surface area contributed by atoms with Gasteiger partial charge in [0, 0.05) is 23.2 Å². The van der Waals surface area contributed by atoms with Gasteiger partial charge in [-0.25, -0.2) is 0 Å². The second-order valence-corrected chi connectivity index (χ2v) is 5.61. The topological polar surface area (TPSA) is 69.8 Å². The number of carbonyl (C=O) groups is 1. The van der Waals surface area contributed by atoms with E-state index in [1.807, 2.05) is 12.1 Å². The standard InChI is InChI=1S/C15H17ClN4O/c16-11-5-3-10(4-6-11)13-8-14(20-19-13)15(21)18-9-12-2-1-7-17-12/h3-6,8,12,17H,1-2,7,9H2,(H,18,21)(H,19,20). The van der Waals surface area contributed by atoms with Crippen LogP contribution in [0.15, 0.2) is 30.3 Å². The molecule has 5 nitrogen and oxygen atoms in total. The van der Waals surface area contributed by atoms with Crippen LogP contribution in [0.25, 0.3) is 11.3 Å². The van der Waals surface area contributed by atoms with Gasteiger partial charge in [0.05, 0.1) is 5.69 Å². The molecule has 3 N–H and O–H groups in total. The Morgan fingerprint density at radius 1 is 1.38 bits per heavy atom. The van der Waals surface area contributed by atoms with Gasteiger partial charge in [0.25, 0.3) is 5.91 Å². The second kappa shape index (κ2) is 6.28. The van der Waals surface area contributed by atoms with Gasteiger partial charge < -0.3 is 10.6 Å². The lowest BCUT2D eigenvalue weighted by molar-refractivity contribution is 0.0945.